The van der Waals surface area contributed by atoms with Crippen LogP contribution < -0.4 is 5.32 Å². The number of hydrogen-bond acceptors (Lipinski definition) is 9. The molecule has 20 heavy (non-hydrogen) atoms. The summed E-state index contributed by atoms with van der Waals surface area (Å²) in [5.41, 5.74) is 1.67. The fourth-order valence-corrected chi connectivity index (χ4v) is 2.73. The van der Waals surface area contributed by atoms with Crippen molar-refractivity contribution in [2.24, 2.45) is 0 Å². The van der Waals surface area contributed by atoms with Crippen LogP contribution in [-0.2, 0) is 0 Å². The lowest BCUT2D eigenvalue weighted by molar-refractivity contribution is 0.760. The average Bonchev–Trinajstić information content (AvgIpc) is 3.11. The molecular weight excluding hydrogens is 296 g/mol. The first-order valence-corrected chi connectivity index (χ1v) is 7.49. The Labute approximate surface area is 122 Å². The van der Waals surface area contributed by atoms with Crippen molar-refractivity contribution in [2.45, 2.75) is 16.4 Å². The lowest BCUT2D eigenvalue weighted by Gasteiger charge is -2.06. The third kappa shape index (κ3) is 2.91. The molecule has 102 valence electrons. The zero-order valence-corrected chi connectivity index (χ0v) is 12.1. The van der Waals surface area contributed by atoms with E-state index in [2.05, 4.69) is 35.6 Å². The van der Waals surface area contributed by atoms with Crippen LogP contribution in [0.3, 0.4) is 0 Å². The van der Waals surface area contributed by atoms with Gasteiger partial charge in [-0.25, -0.2) is 4.68 Å². The van der Waals surface area contributed by atoms with Crippen molar-refractivity contribution >= 4 is 29.0 Å². The molecule has 1 N–H and O–H groups in total. The van der Waals surface area contributed by atoms with Gasteiger partial charge < -0.3 is 5.32 Å². The number of anilines is 1. The van der Waals surface area contributed by atoms with Crippen molar-refractivity contribution in [3.8, 4) is 5.95 Å². The molecule has 0 fully saturated rings. The zero-order chi connectivity index (χ0) is 13.8. The summed E-state index contributed by atoms with van der Waals surface area (Å²) in [6.45, 7) is 2.71. The minimum atomic E-state index is 0.466. The van der Waals surface area contributed by atoms with Crippen molar-refractivity contribution in [2.75, 3.05) is 11.9 Å². The molecule has 0 aliphatic heterocycles. The molecule has 3 rings (SSSR count). The van der Waals surface area contributed by atoms with Crippen LogP contribution in [0, 0.1) is 0 Å². The third-order valence-electron chi connectivity index (χ3n) is 2.17. The van der Waals surface area contributed by atoms with Gasteiger partial charge in [-0.2, -0.15) is 20.1 Å². The molecule has 3 heterocycles. The number of nitrogens with zero attached hydrogens (tertiary/aromatic N) is 7. The van der Waals surface area contributed by atoms with Gasteiger partial charge in [0.1, 0.15) is 5.51 Å². The van der Waals surface area contributed by atoms with E-state index in [1.54, 1.807) is 22.6 Å². The van der Waals surface area contributed by atoms with E-state index in [0.717, 1.165) is 10.9 Å². The summed E-state index contributed by atoms with van der Waals surface area (Å²) < 4.78 is 2.37. The molecule has 0 radical (unpaired) electrons. The molecule has 8 nitrogen and oxygen atoms in total. The summed E-state index contributed by atoms with van der Waals surface area (Å²) in [6, 6.07) is 1.81. The highest BCUT2D eigenvalue weighted by Gasteiger charge is 2.11. The highest BCUT2D eigenvalue weighted by molar-refractivity contribution is 8.00. The zero-order valence-electron chi connectivity index (χ0n) is 10.5. The predicted octanol–water partition coefficient (Wildman–Crippen LogP) is 1.49. The number of aromatic nitrogens is 7. The van der Waals surface area contributed by atoms with E-state index in [9.17, 15) is 0 Å². The lowest BCUT2D eigenvalue weighted by atomic mass is 10.7. The summed E-state index contributed by atoms with van der Waals surface area (Å²) in [5.74, 6) is 0.980. The van der Waals surface area contributed by atoms with Crippen LogP contribution >= 0.6 is 23.1 Å². The van der Waals surface area contributed by atoms with Gasteiger partial charge in [-0.05, 0) is 24.8 Å². The van der Waals surface area contributed by atoms with E-state index in [0.29, 0.717) is 17.1 Å². The van der Waals surface area contributed by atoms with E-state index < -0.39 is 0 Å². The number of nitrogens with one attached hydrogen (secondary N) is 1. The quantitative estimate of drug-likeness (QED) is 0.757. The third-order valence-corrected chi connectivity index (χ3v) is 3.81. The summed E-state index contributed by atoms with van der Waals surface area (Å²) in [6.07, 6.45) is 3.46. The van der Waals surface area contributed by atoms with Crippen LogP contribution in [-0.4, -0.2) is 41.5 Å². The van der Waals surface area contributed by atoms with Crippen LogP contribution in [0.1, 0.15) is 6.92 Å². The van der Waals surface area contributed by atoms with Crippen molar-refractivity contribution in [3.63, 3.8) is 0 Å². The Morgan fingerprint density at radius 2 is 2.30 bits per heavy atom. The van der Waals surface area contributed by atoms with Crippen molar-refractivity contribution in [1.82, 2.24) is 34.9 Å². The van der Waals surface area contributed by atoms with Crippen molar-refractivity contribution < 1.29 is 0 Å². The first-order chi connectivity index (χ1) is 9.85. The molecule has 3 aromatic heterocycles. The highest BCUT2D eigenvalue weighted by atomic mass is 32.2. The monoisotopic (exact) mass is 306 g/mol. The molecular formula is C10H10N8S2. The first-order valence-electron chi connectivity index (χ1n) is 5.79. The van der Waals surface area contributed by atoms with Gasteiger partial charge in [0.15, 0.2) is 4.34 Å². The average molecular weight is 306 g/mol. The summed E-state index contributed by atoms with van der Waals surface area (Å²) in [7, 11) is 0. The van der Waals surface area contributed by atoms with Gasteiger partial charge in [-0.15, -0.1) is 10.2 Å². The standard InChI is InChI=1S/C10H10N8S2/c1-2-11-7-14-8(18-5-3-4-13-18)16-9(15-7)20-10-17-12-6-19-10/h3-6H,2H2,1H3,(H,11,14,15,16). The topological polar surface area (TPSA) is 94.3 Å². The van der Waals surface area contributed by atoms with E-state index >= 15 is 0 Å². The summed E-state index contributed by atoms with van der Waals surface area (Å²) in [5, 5.41) is 15.5. The maximum absolute atomic E-state index is 4.37. The minimum Gasteiger partial charge on any atom is -0.354 e. The summed E-state index contributed by atoms with van der Waals surface area (Å²) >= 11 is 2.79. The molecule has 0 spiro atoms. The Morgan fingerprint density at radius 3 is 3.00 bits per heavy atom. The second-order valence-corrected chi connectivity index (χ2v) is 5.58. The predicted molar refractivity (Wildman–Crippen MR) is 75.1 cm³/mol. The second-order valence-electron chi connectivity index (χ2n) is 3.53. The maximum Gasteiger partial charge on any atom is 0.256 e. The van der Waals surface area contributed by atoms with Gasteiger partial charge in [0.25, 0.3) is 5.95 Å². The SMILES string of the molecule is CCNc1nc(Sc2nncs2)nc(-n2cccn2)n1. The first kappa shape index (κ1) is 12.9. The molecule has 0 saturated heterocycles. The molecule has 0 aliphatic rings. The molecule has 0 unspecified atom stereocenters. The smallest absolute Gasteiger partial charge is 0.256 e. The molecule has 0 bridgehead atoms. The van der Waals surface area contributed by atoms with Crippen LogP contribution in [0.2, 0.25) is 0 Å². The number of hydrogen-bond donors (Lipinski definition) is 1. The Kier molecular flexibility index (Phi) is 3.83. The Hall–Kier alpha value is -2.07. The Morgan fingerprint density at radius 1 is 1.35 bits per heavy atom. The van der Waals surface area contributed by atoms with E-state index in [1.165, 1.54) is 23.1 Å². The van der Waals surface area contributed by atoms with Gasteiger partial charge in [0.05, 0.1) is 0 Å². The van der Waals surface area contributed by atoms with E-state index in [4.69, 9.17) is 0 Å². The van der Waals surface area contributed by atoms with Gasteiger partial charge in [-0.3, -0.25) is 0 Å². The minimum absolute atomic E-state index is 0.466. The normalized spacial score (nSPS) is 10.7. The van der Waals surface area contributed by atoms with Crippen LogP contribution in [0.4, 0.5) is 5.95 Å². The molecule has 0 aliphatic carbocycles. The van der Waals surface area contributed by atoms with Gasteiger partial charge in [0, 0.05) is 18.9 Å². The summed E-state index contributed by atoms with van der Waals surface area (Å²) in [4.78, 5) is 13.0. The molecule has 0 saturated carbocycles. The molecule has 3 aromatic rings. The maximum atomic E-state index is 4.37. The lowest BCUT2D eigenvalue weighted by Crippen LogP contribution is -2.09. The fraction of sp³-hybridized carbons (Fsp3) is 0.200. The van der Waals surface area contributed by atoms with Crippen LogP contribution in [0.15, 0.2) is 33.5 Å². The largest absolute Gasteiger partial charge is 0.354 e. The molecule has 10 heteroatoms. The van der Waals surface area contributed by atoms with E-state index in [1.807, 2.05) is 13.0 Å². The fourth-order valence-electron chi connectivity index (χ4n) is 1.40. The molecule has 0 amide bonds. The van der Waals surface area contributed by atoms with Crippen molar-refractivity contribution in [3.05, 3.63) is 24.0 Å². The van der Waals surface area contributed by atoms with Crippen molar-refractivity contribution in [1.29, 1.82) is 0 Å². The van der Waals surface area contributed by atoms with Gasteiger partial charge >= 0.3 is 0 Å². The molecule has 0 aromatic carbocycles. The van der Waals surface area contributed by atoms with Gasteiger partial charge in [0.2, 0.25) is 11.1 Å². The van der Waals surface area contributed by atoms with E-state index in [-0.39, 0.29) is 0 Å². The van der Waals surface area contributed by atoms with Crippen LogP contribution in [0.5, 0.6) is 0 Å². The van der Waals surface area contributed by atoms with Crippen LogP contribution in [0.25, 0.3) is 5.95 Å². The van der Waals surface area contributed by atoms with Gasteiger partial charge in [-0.1, -0.05) is 11.3 Å². The molecule has 0 atom stereocenters. The Bertz CT molecular complexity index is 667. The number of rotatable bonds is 5. The second kappa shape index (κ2) is 5.92. The Balaban J connectivity index is 1.96. The highest BCUT2D eigenvalue weighted by Crippen LogP contribution is 2.26.